The normalized spacial score (nSPS) is 10.4. The van der Waals surface area contributed by atoms with Gasteiger partial charge in [-0.2, -0.15) is 0 Å². The van der Waals surface area contributed by atoms with Crippen LogP contribution in [0.15, 0.2) is 30.3 Å². The minimum Gasteiger partial charge on any atom is -0.398 e. The summed E-state index contributed by atoms with van der Waals surface area (Å²) in [5, 5.41) is 3.62. The van der Waals surface area contributed by atoms with Crippen molar-refractivity contribution in [3.63, 3.8) is 0 Å². The smallest absolute Gasteiger partial charge is 0.258 e. The van der Waals surface area contributed by atoms with Crippen LogP contribution in [0.1, 0.15) is 15.9 Å². The standard InChI is InChI=1S/C14H11Cl3N2O/c1-7-3-2-4-11(18)13(7)14(20)19-12-6-9(16)8(15)5-10(12)17/h2-6H,18H2,1H3,(H,19,20). The summed E-state index contributed by atoms with van der Waals surface area (Å²) in [6, 6.07) is 8.23. The fourth-order valence-corrected chi connectivity index (χ4v) is 2.40. The van der Waals surface area contributed by atoms with Crippen LogP contribution in [0, 0.1) is 6.92 Å². The van der Waals surface area contributed by atoms with Gasteiger partial charge in [0.15, 0.2) is 0 Å². The van der Waals surface area contributed by atoms with E-state index in [1.54, 1.807) is 12.1 Å². The minimum atomic E-state index is -0.346. The van der Waals surface area contributed by atoms with E-state index < -0.39 is 0 Å². The lowest BCUT2D eigenvalue weighted by Crippen LogP contribution is -2.15. The third-order valence-corrected chi connectivity index (χ3v) is 3.83. The predicted octanol–water partition coefficient (Wildman–Crippen LogP) is 4.79. The Bertz CT molecular complexity index is 666. The molecule has 0 radical (unpaired) electrons. The van der Waals surface area contributed by atoms with Gasteiger partial charge in [-0.3, -0.25) is 4.79 Å². The number of anilines is 2. The third-order valence-electron chi connectivity index (χ3n) is 2.79. The first-order chi connectivity index (χ1) is 9.40. The monoisotopic (exact) mass is 328 g/mol. The summed E-state index contributed by atoms with van der Waals surface area (Å²) < 4.78 is 0. The Kier molecular flexibility index (Phi) is 4.43. The van der Waals surface area contributed by atoms with E-state index in [-0.39, 0.29) is 5.91 Å². The summed E-state index contributed by atoms with van der Waals surface area (Å²) in [4.78, 5) is 12.3. The van der Waals surface area contributed by atoms with Crippen molar-refractivity contribution in [2.75, 3.05) is 11.1 Å². The quantitative estimate of drug-likeness (QED) is 0.615. The lowest BCUT2D eigenvalue weighted by atomic mass is 10.1. The number of aryl methyl sites for hydroxylation is 1. The molecule has 3 nitrogen and oxygen atoms in total. The van der Waals surface area contributed by atoms with Gasteiger partial charge in [0.05, 0.1) is 26.3 Å². The third kappa shape index (κ3) is 3.01. The van der Waals surface area contributed by atoms with Gasteiger partial charge in [0.25, 0.3) is 5.91 Å². The number of hydrogen-bond donors (Lipinski definition) is 2. The zero-order valence-electron chi connectivity index (χ0n) is 10.5. The van der Waals surface area contributed by atoms with E-state index >= 15 is 0 Å². The number of hydrogen-bond acceptors (Lipinski definition) is 2. The molecule has 0 spiro atoms. The largest absolute Gasteiger partial charge is 0.398 e. The molecule has 0 fully saturated rings. The Morgan fingerprint density at radius 3 is 2.40 bits per heavy atom. The number of amides is 1. The highest BCUT2D eigenvalue weighted by atomic mass is 35.5. The Labute approximate surface area is 131 Å². The van der Waals surface area contributed by atoms with Gasteiger partial charge in [0.2, 0.25) is 0 Å². The van der Waals surface area contributed by atoms with Gasteiger partial charge in [-0.1, -0.05) is 46.9 Å². The van der Waals surface area contributed by atoms with Gasteiger partial charge < -0.3 is 11.1 Å². The van der Waals surface area contributed by atoms with Crippen LogP contribution >= 0.6 is 34.8 Å². The van der Waals surface area contributed by atoms with Crippen LogP contribution in [-0.2, 0) is 0 Å². The van der Waals surface area contributed by atoms with Crippen LogP contribution in [-0.4, -0.2) is 5.91 Å². The van der Waals surface area contributed by atoms with Crippen LogP contribution in [0.2, 0.25) is 15.1 Å². The molecule has 104 valence electrons. The molecule has 6 heteroatoms. The van der Waals surface area contributed by atoms with Crippen LogP contribution in [0.5, 0.6) is 0 Å². The summed E-state index contributed by atoms with van der Waals surface area (Å²) in [7, 11) is 0. The van der Waals surface area contributed by atoms with Gasteiger partial charge >= 0.3 is 0 Å². The van der Waals surface area contributed by atoms with Crippen molar-refractivity contribution < 1.29 is 4.79 Å². The maximum Gasteiger partial charge on any atom is 0.258 e. The highest BCUT2D eigenvalue weighted by Crippen LogP contribution is 2.32. The van der Waals surface area contributed by atoms with Gasteiger partial charge in [-0.25, -0.2) is 0 Å². The molecule has 1 amide bonds. The first kappa shape index (κ1) is 15.0. The maximum absolute atomic E-state index is 12.3. The molecule has 2 aromatic carbocycles. The fourth-order valence-electron chi connectivity index (χ4n) is 1.80. The second-order valence-corrected chi connectivity index (χ2v) is 5.46. The number of carbonyl (C=O) groups excluding carboxylic acids is 1. The Morgan fingerprint density at radius 2 is 1.75 bits per heavy atom. The molecule has 2 aromatic rings. The highest BCUT2D eigenvalue weighted by Gasteiger charge is 2.15. The number of carbonyl (C=O) groups is 1. The van der Waals surface area contributed by atoms with Gasteiger partial charge in [0.1, 0.15) is 0 Å². The van der Waals surface area contributed by atoms with Gasteiger partial charge in [0, 0.05) is 5.69 Å². The molecule has 0 saturated carbocycles. The zero-order chi connectivity index (χ0) is 14.9. The topological polar surface area (TPSA) is 55.1 Å². The van der Waals surface area contributed by atoms with Gasteiger partial charge in [-0.15, -0.1) is 0 Å². The maximum atomic E-state index is 12.3. The summed E-state index contributed by atoms with van der Waals surface area (Å²) in [5.41, 5.74) is 7.80. The minimum absolute atomic E-state index is 0.305. The van der Waals surface area contributed by atoms with Crippen LogP contribution in [0.25, 0.3) is 0 Å². The van der Waals surface area contributed by atoms with Crippen molar-refractivity contribution in [1.82, 2.24) is 0 Å². The van der Waals surface area contributed by atoms with E-state index in [1.807, 2.05) is 13.0 Å². The molecular weight excluding hydrogens is 319 g/mol. The second-order valence-electron chi connectivity index (χ2n) is 4.24. The van der Waals surface area contributed by atoms with E-state index in [2.05, 4.69) is 5.32 Å². The number of halogens is 3. The Balaban J connectivity index is 2.35. The van der Waals surface area contributed by atoms with Crippen LogP contribution in [0.3, 0.4) is 0 Å². The Morgan fingerprint density at radius 1 is 1.10 bits per heavy atom. The second kappa shape index (κ2) is 5.92. The highest BCUT2D eigenvalue weighted by molar-refractivity contribution is 6.44. The first-order valence-corrected chi connectivity index (χ1v) is 6.84. The van der Waals surface area contributed by atoms with Crippen molar-refractivity contribution >= 4 is 52.1 Å². The van der Waals surface area contributed by atoms with E-state index in [0.717, 1.165) is 5.56 Å². The van der Waals surface area contributed by atoms with Gasteiger partial charge in [-0.05, 0) is 30.7 Å². The fraction of sp³-hybridized carbons (Fsp3) is 0.0714. The molecule has 0 atom stereocenters. The van der Waals surface area contributed by atoms with E-state index in [0.29, 0.717) is 32.0 Å². The lowest BCUT2D eigenvalue weighted by molar-refractivity contribution is 0.102. The average molecular weight is 330 g/mol. The number of benzene rings is 2. The molecule has 0 saturated heterocycles. The molecule has 20 heavy (non-hydrogen) atoms. The predicted molar refractivity (Wildman–Crippen MR) is 85.0 cm³/mol. The van der Waals surface area contributed by atoms with Crippen molar-refractivity contribution in [3.8, 4) is 0 Å². The van der Waals surface area contributed by atoms with Crippen LogP contribution < -0.4 is 11.1 Å². The summed E-state index contributed by atoms with van der Waals surface area (Å²) >= 11 is 17.8. The first-order valence-electron chi connectivity index (χ1n) is 5.71. The molecule has 0 aliphatic rings. The molecule has 0 bridgehead atoms. The molecule has 0 aliphatic heterocycles. The molecule has 0 aromatic heterocycles. The van der Waals surface area contributed by atoms with E-state index in [9.17, 15) is 4.79 Å². The number of nitrogens with one attached hydrogen (secondary N) is 1. The van der Waals surface area contributed by atoms with E-state index in [4.69, 9.17) is 40.5 Å². The SMILES string of the molecule is Cc1cccc(N)c1C(=O)Nc1cc(Cl)c(Cl)cc1Cl. The van der Waals surface area contributed by atoms with E-state index in [1.165, 1.54) is 12.1 Å². The lowest BCUT2D eigenvalue weighted by Gasteiger charge is -2.12. The number of nitrogen functional groups attached to an aromatic ring is 1. The van der Waals surface area contributed by atoms with Crippen molar-refractivity contribution in [3.05, 3.63) is 56.5 Å². The molecule has 0 aliphatic carbocycles. The summed E-state index contributed by atoms with van der Waals surface area (Å²) in [5.74, 6) is -0.346. The van der Waals surface area contributed by atoms with Crippen molar-refractivity contribution in [2.45, 2.75) is 6.92 Å². The molecule has 0 unspecified atom stereocenters. The number of rotatable bonds is 2. The summed E-state index contributed by atoms with van der Waals surface area (Å²) in [6.45, 7) is 1.81. The van der Waals surface area contributed by atoms with Crippen molar-refractivity contribution in [2.24, 2.45) is 0 Å². The Hall–Kier alpha value is -1.42. The number of nitrogens with two attached hydrogens (primary N) is 1. The van der Waals surface area contributed by atoms with Crippen LogP contribution in [0.4, 0.5) is 11.4 Å². The average Bonchev–Trinajstić information content (AvgIpc) is 2.35. The zero-order valence-corrected chi connectivity index (χ0v) is 12.8. The molecular formula is C14H11Cl3N2O. The van der Waals surface area contributed by atoms with Crippen molar-refractivity contribution in [1.29, 1.82) is 0 Å². The molecule has 3 N–H and O–H groups in total. The summed E-state index contributed by atoms with van der Waals surface area (Å²) in [6.07, 6.45) is 0. The molecule has 2 rings (SSSR count). The molecule has 0 heterocycles.